The number of fused-ring (bicyclic) bond motifs is 1. The number of hydrogen-bond donors (Lipinski definition) is 2. The monoisotopic (exact) mass is 575 g/mol. The SMILES string of the molecule is Cc1cc(OCc2c(F)cccc2F)n2nc(C)c(C(=O)NC(CN(C(=O)O)C(C)(C)C)c3ccc(C#N)cc3)c2c1. The Morgan fingerprint density at radius 1 is 1.12 bits per heavy atom. The summed E-state index contributed by atoms with van der Waals surface area (Å²) in [5, 5.41) is 26.5. The summed E-state index contributed by atoms with van der Waals surface area (Å²) in [5.41, 5.74) is 1.75. The van der Waals surface area contributed by atoms with Crippen LogP contribution in [0, 0.1) is 36.8 Å². The number of aromatic nitrogens is 2. The minimum absolute atomic E-state index is 0.0592. The molecule has 0 spiro atoms. The van der Waals surface area contributed by atoms with Crippen molar-refractivity contribution in [2.75, 3.05) is 6.54 Å². The zero-order valence-electron chi connectivity index (χ0n) is 23.9. The van der Waals surface area contributed by atoms with Crippen molar-refractivity contribution in [2.45, 2.75) is 52.8 Å². The maximum atomic E-state index is 14.2. The summed E-state index contributed by atoms with van der Waals surface area (Å²) in [6.07, 6.45) is -1.15. The minimum Gasteiger partial charge on any atom is -0.473 e. The van der Waals surface area contributed by atoms with Crippen molar-refractivity contribution in [1.82, 2.24) is 19.8 Å². The maximum absolute atomic E-state index is 14.2. The van der Waals surface area contributed by atoms with Gasteiger partial charge in [0.1, 0.15) is 18.2 Å². The summed E-state index contributed by atoms with van der Waals surface area (Å²) in [6.45, 7) is 8.25. The third kappa shape index (κ3) is 6.33. The van der Waals surface area contributed by atoms with Crippen molar-refractivity contribution in [2.24, 2.45) is 0 Å². The summed E-state index contributed by atoms with van der Waals surface area (Å²) in [7, 11) is 0. The number of benzene rings is 2. The summed E-state index contributed by atoms with van der Waals surface area (Å²) in [6, 6.07) is 14.8. The first-order chi connectivity index (χ1) is 19.8. The van der Waals surface area contributed by atoms with Crippen molar-refractivity contribution in [3.8, 4) is 11.9 Å². The molecule has 218 valence electrons. The molecule has 1 unspecified atom stereocenters. The molecule has 42 heavy (non-hydrogen) atoms. The Bertz CT molecular complexity index is 1670. The predicted molar refractivity (Wildman–Crippen MR) is 151 cm³/mol. The number of halogens is 2. The quantitative estimate of drug-likeness (QED) is 0.269. The van der Waals surface area contributed by atoms with Gasteiger partial charge >= 0.3 is 6.09 Å². The van der Waals surface area contributed by atoms with E-state index in [0.29, 0.717) is 27.9 Å². The summed E-state index contributed by atoms with van der Waals surface area (Å²) < 4.78 is 35.5. The Balaban J connectivity index is 1.70. The zero-order chi connectivity index (χ0) is 30.8. The number of hydrogen-bond acceptors (Lipinski definition) is 5. The van der Waals surface area contributed by atoms with E-state index in [4.69, 9.17) is 4.74 Å². The summed E-state index contributed by atoms with van der Waals surface area (Å²) in [5.74, 6) is -1.80. The van der Waals surface area contributed by atoms with Crippen LogP contribution in [-0.4, -0.2) is 43.7 Å². The number of nitriles is 1. The van der Waals surface area contributed by atoms with Crippen molar-refractivity contribution < 1.29 is 28.2 Å². The Labute approximate surface area is 241 Å². The second-order valence-electron chi connectivity index (χ2n) is 10.9. The van der Waals surface area contributed by atoms with Crippen LogP contribution in [0.4, 0.5) is 13.6 Å². The van der Waals surface area contributed by atoms with E-state index in [0.717, 1.165) is 12.1 Å². The van der Waals surface area contributed by atoms with Crippen LogP contribution in [0.1, 0.15) is 65.1 Å². The van der Waals surface area contributed by atoms with Crippen molar-refractivity contribution in [3.05, 3.63) is 99.7 Å². The molecule has 2 aromatic heterocycles. The molecule has 0 saturated carbocycles. The molecule has 9 nitrogen and oxygen atoms in total. The van der Waals surface area contributed by atoms with Crippen LogP contribution < -0.4 is 10.1 Å². The van der Waals surface area contributed by atoms with Gasteiger partial charge in [0.2, 0.25) is 5.88 Å². The van der Waals surface area contributed by atoms with Crippen molar-refractivity contribution in [3.63, 3.8) is 0 Å². The smallest absolute Gasteiger partial charge is 0.407 e. The molecule has 2 aromatic carbocycles. The van der Waals surface area contributed by atoms with E-state index in [2.05, 4.69) is 10.4 Å². The highest BCUT2D eigenvalue weighted by atomic mass is 19.1. The van der Waals surface area contributed by atoms with E-state index >= 15 is 0 Å². The largest absolute Gasteiger partial charge is 0.473 e. The van der Waals surface area contributed by atoms with E-state index in [1.165, 1.54) is 15.5 Å². The number of pyridine rings is 1. The molecule has 0 fully saturated rings. The van der Waals surface area contributed by atoms with Crippen molar-refractivity contribution in [1.29, 1.82) is 5.26 Å². The number of carbonyl (C=O) groups is 2. The third-order valence-electron chi connectivity index (χ3n) is 6.83. The van der Waals surface area contributed by atoms with Crippen LogP contribution in [0.15, 0.2) is 54.6 Å². The number of amides is 2. The van der Waals surface area contributed by atoms with Gasteiger partial charge in [-0.1, -0.05) is 18.2 Å². The molecular weight excluding hydrogens is 544 g/mol. The van der Waals surface area contributed by atoms with E-state index in [1.54, 1.807) is 71.0 Å². The number of ether oxygens (including phenoxy) is 1. The molecule has 1 atom stereocenters. The molecule has 2 N–H and O–H groups in total. The molecule has 0 saturated heterocycles. The molecule has 0 aliphatic carbocycles. The van der Waals surface area contributed by atoms with Gasteiger partial charge in [-0.2, -0.15) is 14.9 Å². The first-order valence-electron chi connectivity index (χ1n) is 13.2. The van der Waals surface area contributed by atoms with E-state index in [9.17, 15) is 28.7 Å². The third-order valence-corrected chi connectivity index (χ3v) is 6.83. The molecule has 0 aliphatic heterocycles. The van der Waals surface area contributed by atoms with Gasteiger partial charge in [-0.3, -0.25) is 4.79 Å². The Morgan fingerprint density at radius 3 is 2.33 bits per heavy atom. The summed E-state index contributed by atoms with van der Waals surface area (Å²) >= 11 is 0. The number of carbonyl (C=O) groups excluding carboxylic acids is 1. The fraction of sp³-hybridized carbons (Fsp3) is 0.290. The minimum atomic E-state index is -1.15. The first-order valence-corrected chi connectivity index (χ1v) is 13.2. The van der Waals surface area contributed by atoms with Gasteiger partial charge in [-0.15, -0.1) is 0 Å². The lowest BCUT2D eigenvalue weighted by Crippen LogP contribution is -2.49. The van der Waals surface area contributed by atoms with Gasteiger partial charge < -0.3 is 20.1 Å². The lowest BCUT2D eigenvalue weighted by Gasteiger charge is -2.36. The van der Waals surface area contributed by atoms with Gasteiger partial charge in [0, 0.05) is 18.2 Å². The van der Waals surface area contributed by atoms with Crippen LogP contribution >= 0.6 is 0 Å². The van der Waals surface area contributed by atoms with Crippen LogP contribution in [-0.2, 0) is 6.61 Å². The van der Waals surface area contributed by atoms with Crippen LogP contribution in [0.3, 0.4) is 0 Å². The molecular formula is C31H31F2N5O4. The topological polar surface area (TPSA) is 120 Å². The molecule has 4 rings (SSSR count). The molecule has 0 bridgehead atoms. The molecule has 0 aliphatic rings. The number of nitrogens with one attached hydrogen (secondary N) is 1. The highest BCUT2D eigenvalue weighted by Gasteiger charge is 2.31. The van der Waals surface area contributed by atoms with Crippen LogP contribution in [0.25, 0.3) is 5.52 Å². The lowest BCUT2D eigenvalue weighted by molar-refractivity contribution is 0.0822. The molecule has 2 amide bonds. The average Bonchev–Trinajstić information content (AvgIpc) is 3.25. The molecule has 0 radical (unpaired) electrons. The van der Waals surface area contributed by atoms with Gasteiger partial charge in [0.15, 0.2) is 0 Å². The molecule has 4 aromatic rings. The fourth-order valence-corrected chi connectivity index (χ4v) is 4.64. The molecule has 2 heterocycles. The maximum Gasteiger partial charge on any atom is 0.407 e. The fourth-order valence-electron chi connectivity index (χ4n) is 4.64. The van der Waals surface area contributed by atoms with E-state index < -0.39 is 41.8 Å². The Kier molecular flexibility index (Phi) is 8.47. The highest BCUT2D eigenvalue weighted by Crippen LogP contribution is 2.27. The highest BCUT2D eigenvalue weighted by molar-refractivity contribution is 6.02. The average molecular weight is 576 g/mol. The van der Waals surface area contributed by atoms with Gasteiger partial charge in [0.25, 0.3) is 5.91 Å². The Morgan fingerprint density at radius 2 is 1.76 bits per heavy atom. The standard InChI is InChI=1S/C31H31F2N5O4/c1-18-13-26-28(19(2)36-38(26)27(14-18)42-17-22-23(32)7-6-8-24(22)33)29(39)35-25(16-37(30(40)41)31(3,4)5)21-11-9-20(15-34)10-12-21/h6-14,25H,16-17H2,1-5H3,(H,35,39)(H,40,41). The second kappa shape index (κ2) is 11.9. The normalized spacial score (nSPS) is 12.0. The number of nitrogens with zero attached hydrogens (tertiary/aromatic N) is 4. The van der Waals surface area contributed by atoms with Gasteiger partial charge in [0.05, 0.1) is 40.0 Å². The van der Waals surface area contributed by atoms with Gasteiger partial charge in [-0.05, 0) is 76.1 Å². The molecule has 11 heteroatoms. The zero-order valence-corrected chi connectivity index (χ0v) is 23.9. The van der Waals surface area contributed by atoms with Crippen LogP contribution in [0.5, 0.6) is 5.88 Å². The predicted octanol–water partition coefficient (Wildman–Crippen LogP) is 5.93. The van der Waals surface area contributed by atoms with Crippen molar-refractivity contribution >= 4 is 17.5 Å². The van der Waals surface area contributed by atoms with E-state index in [1.807, 2.05) is 6.07 Å². The van der Waals surface area contributed by atoms with Gasteiger partial charge in [-0.25, -0.2) is 13.6 Å². The Hall–Kier alpha value is -4.98. The second-order valence-corrected chi connectivity index (χ2v) is 10.9. The summed E-state index contributed by atoms with van der Waals surface area (Å²) in [4.78, 5) is 27.2. The number of rotatable bonds is 8. The first kappa shape index (κ1) is 30.0. The number of aryl methyl sites for hydroxylation is 2. The lowest BCUT2D eigenvalue weighted by atomic mass is 10.0. The van der Waals surface area contributed by atoms with E-state index in [-0.39, 0.29) is 23.6 Å². The number of carboxylic acid groups (broad SMARTS) is 1. The van der Waals surface area contributed by atoms with Crippen LogP contribution in [0.2, 0.25) is 0 Å².